The third kappa shape index (κ3) is 3.21. The van der Waals surface area contributed by atoms with Gasteiger partial charge >= 0.3 is 0 Å². The van der Waals surface area contributed by atoms with E-state index in [1.165, 1.54) is 35.3 Å². The number of hydrogen-bond acceptors (Lipinski definition) is 2. The molecule has 122 valence electrons. The van der Waals surface area contributed by atoms with Gasteiger partial charge < -0.3 is 10.6 Å². The van der Waals surface area contributed by atoms with Gasteiger partial charge in [-0.2, -0.15) is 0 Å². The minimum absolute atomic E-state index is 0.217. The molecule has 23 heavy (non-hydrogen) atoms. The van der Waals surface area contributed by atoms with Crippen LogP contribution in [0.15, 0.2) is 42.5 Å². The van der Waals surface area contributed by atoms with Crippen LogP contribution in [-0.4, -0.2) is 5.54 Å². The molecule has 2 heteroatoms. The topological polar surface area (TPSA) is 24.1 Å². The van der Waals surface area contributed by atoms with Crippen molar-refractivity contribution in [1.82, 2.24) is 0 Å². The first-order valence-corrected chi connectivity index (χ1v) is 8.79. The molecule has 2 N–H and O–H groups in total. The van der Waals surface area contributed by atoms with Crippen LogP contribution in [0.25, 0.3) is 0 Å². The third-order valence-electron chi connectivity index (χ3n) is 5.30. The van der Waals surface area contributed by atoms with Gasteiger partial charge in [0.15, 0.2) is 0 Å². The van der Waals surface area contributed by atoms with Crippen molar-refractivity contribution < 1.29 is 0 Å². The Hall–Kier alpha value is -1.96. The second-order valence-corrected chi connectivity index (χ2v) is 7.09. The van der Waals surface area contributed by atoms with Gasteiger partial charge in [0, 0.05) is 22.6 Å². The van der Waals surface area contributed by atoms with E-state index in [1.54, 1.807) is 0 Å². The molecule has 2 aromatic rings. The fraction of sp³-hybridized carbons (Fsp3) is 0.429. The zero-order valence-electron chi connectivity index (χ0n) is 14.7. The molecular weight excluding hydrogens is 280 g/mol. The minimum Gasteiger partial charge on any atom is -0.380 e. The summed E-state index contributed by atoms with van der Waals surface area (Å²) >= 11 is 0. The molecule has 0 spiro atoms. The zero-order valence-corrected chi connectivity index (χ0v) is 14.7. The summed E-state index contributed by atoms with van der Waals surface area (Å²) < 4.78 is 0. The standard InChI is InChI=1S/C21H28N2/c1-5-16-14-21(4,6-2)23-20-12-15(3)19(13-18(16)20)22-17-10-8-7-9-11-17/h7-13,16,22-23H,5-6,14H2,1-4H3. The Balaban J connectivity index is 1.97. The van der Waals surface area contributed by atoms with Crippen LogP contribution in [0, 0.1) is 6.92 Å². The maximum atomic E-state index is 3.79. The van der Waals surface area contributed by atoms with E-state index in [-0.39, 0.29) is 5.54 Å². The van der Waals surface area contributed by atoms with Crippen molar-refractivity contribution >= 4 is 17.1 Å². The summed E-state index contributed by atoms with van der Waals surface area (Å²) in [5.41, 5.74) is 6.65. The monoisotopic (exact) mass is 308 g/mol. The highest BCUT2D eigenvalue weighted by Crippen LogP contribution is 2.44. The average molecular weight is 308 g/mol. The van der Waals surface area contributed by atoms with Crippen LogP contribution in [0.2, 0.25) is 0 Å². The van der Waals surface area contributed by atoms with Crippen molar-refractivity contribution in [3.05, 3.63) is 53.6 Å². The lowest BCUT2D eigenvalue weighted by atomic mass is 9.77. The molecule has 1 heterocycles. The van der Waals surface area contributed by atoms with Gasteiger partial charge in [-0.05, 0) is 74.4 Å². The van der Waals surface area contributed by atoms with Gasteiger partial charge in [0.2, 0.25) is 0 Å². The van der Waals surface area contributed by atoms with Crippen molar-refractivity contribution in [3.8, 4) is 0 Å². The largest absolute Gasteiger partial charge is 0.380 e. The van der Waals surface area contributed by atoms with Crippen LogP contribution >= 0.6 is 0 Å². The molecule has 0 saturated heterocycles. The molecule has 1 aliphatic heterocycles. The van der Waals surface area contributed by atoms with E-state index in [0.717, 1.165) is 12.1 Å². The highest BCUT2D eigenvalue weighted by Gasteiger charge is 2.33. The number of hydrogen-bond donors (Lipinski definition) is 2. The molecule has 0 radical (unpaired) electrons. The summed E-state index contributed by atoms with van der Waals surface area (Å²) in [5, 5.41) is 7.37. The summed E-state index contributed by atoms with van der Waals surface area (Å²) in [6, 6.07) is 15.1. The number of anilines is 3. The van der Waals surface area contributed by atoms with Crippen LogP contribution in [0.1, 0.15) is 57.1 Å². The van der Waals surface area contributed by atoms with Gasteiger partial charge in [0.25, 0.3) is 0 Å². The predicted octanol–water partition coefficient (Wildman–Crippen LogP) is 6.22. The molecule has 0 fully saturated rings. The first-order valence-electron chi connectivity index (χ1n) is 8.79. The fourth-order valence-electron chi connectivity index (χ4n) is 3.61. The van der Waals surface area contributed by atoms with Crippen molar-refractivity contribution in [2.24, 2.45) is 0 Å². The van der Waals surface area contributed by atoms with Crippen LogP contribution in [0.4, 0.5) is 17.1 Å². The molecule has 2 unspecified atom stereocenters. The summed E-state index contributed by atoms with van der Waals surface area (Å²) in [6.45, 7) is 9.12. The quantitative estimate of drug-likeness (QED) is 0.701. The average Bonchev–Trinajstić information content (AvgIpc) is 2.56. The van der Waals surface area contributed by atoms with E-state index < -0.39 is 0 Å². The predicted molar refractivity (Wildman–Crippen MR) is 101 cm³/mol. The number of rotatable bonds is 4. The first-order chi connectivity index (χ1) is 11.0. The maximum absolute atomic E-state index is 3.79. The molecule has 0 amide bonds. The Morgan fingerprint density at radius 1 is 1.17 bits per heavy atom. The SMILES string of the molecule is CCC1CC(C)(CC)Nc2cc(C)c(Nc3ccccc3)cc21. The van der Waals surface area contributed by atoms with Gasteiger partial charge in [0.1, 0.15) is 0 Å². The van der Waals surface area contributed by atoms with E-state index in [4.69, 9.17) is 0 Å². The highest BCUT2D eigenvalue weighted by atomic mass is 15.0. The summed E-state index contributed by atoms with van der Waals surface area (Å²) in [5.74, 6) is 0.633. The highest BCUT2D eigenvalue weighted by molar-refractivity contribution is 5.71. The van der Waals surface area contributed by atoms with E-state index in [0.29, 0.717) is 5.92 Å². The Morgan fingerprint density at radius 3 is 2.57 bits per heavy atom. The van der Waals surface area contributed by atoms with Crippen LogP contribution in [0.5, 0.6) is 0 Å². The molecule has 2 nitrogen and oxygen atoms in total. The maximum Gasteiger partial charge on any atom is 0.0418 e. The lowest BCUT2D eigenvalue weighted by molar-refractivity contribution is 0.389. The van der Waals surface area contributed by atoms with E-state index in [1.807, 2.05) is 6.07 Å². The van der Waals surface area contributed by atoms with Crippen molar-refractivity contribution in [3.63, 3.8) is 0 Å². The van der Waals surface area contributed by atoms with E-state index >= 15 is 0 Å². The van der Waals surface area contributed by atoms with Crippen LogP contribution in [-0.2, 0) is 0 Å². The Kier molecular flexibility index (Phi) is 4.34. The molecule has 0 aliphatic carbocycles. The molecular formula is C21H28N2. The van der Waals surface area contributed by atoms with Gasteiger partial charge in [0.05, 0.1) is 0 Å². The first kappa shape index (κ1) is 15.9. The zero-order chi connectivity index (χ0) is 16.4. The van der Waals surface area contributed by atoms with E-state index in [2.05, 4.69) is 74.7 Å². The van der Waals surface area contributed by atoms with Gasteiger partial charge in [-0.1, -0.05) is 32.0 Å². The lowest BCUT2D eigenvalue weighted by Crippen LogP contribution is -2.39. The number of para-hydroxylation sites is 1. The second kappa shape index (κ2) is 6.27. The Morgan fingerprint density at radius 2 is 1.91 bits per heavy atom. The third-order valence-corrected chi connectivity index (χ3v) is 5.30. The summed E-state index contributed by atoms with van der Waals surface area (Å²) in [4.78, 5) is 0. The molecule has 0 bridgehead atoms. The second-order valence-electron chi connectivity index (χ2n) is 7.09. The van der Waals surface area contributed by atoms with Crippen molar-refractivity contribution in [1.29, 1.82) is 0 Å². The molecule has 3 rings (SSSR count). The van der Waals surface area contributed by atoms with Gasteiger partial charge in [-0.15, -0.1) is 0 Å². The lowest BCUT2D eigenvalue weighted by Gasteiger charge is -2.41. The number of nitrogens with one attached hydrogen (secondary N) is 2. The smallest absolute Gasteiger partial charge is 0.0418 e. The normalized spacial score (nSPS) is 23.0. The molecule has 2 atom stereocenters. The number of benzene rings is 2. The number of fused-ring (bicyclic) bond motifs is 1. The summed E-state index contributed by atoms with van der Waals surface area (Å²) in [7, 11) is 0. The minimum atomic E-state index is 0.217. The Labute approximate surface area is 140 Å². The van der Waals surface area contributed by atoms with Crippen molar-refractivity contribution in [2.75, 3.05) is 10.6 Å². The number of aryl methyl sites for hydroxylation is 1. The van der Waals surface area contributed by atoms with Gasteiger partial charge in [-0.3, -0.25) is 0 Å². The molecule has 2 aromatic carbocycles. The molecule has 1 aliphatic rings. The van der Waals surface area contributed by atoms with E-state index in [9.17, 15) is 0 Å². The Bertz CT molecular complexity index is 678. The van der Waals surface area contributed by atoms with Crippen LogP contribution in [0.3, 0.4) is 0 Å². The fourth-order valence-corrected chi connectivity index (χ4v) is 3.61. The molecule has 0 aromatic heterocycles. The van der Waals surface area contributed by atoms with Crippen molar-refractivity contribution in [2.45, 2.75) is 58.4 Å². The molecule has 0 saturated carbocycles. The van der Waals surface area contributed by atoms with Crippen LogP contribution < -0.4 is 10.6 Å². The summed E-state index contributed by atoms with van der Waals surface area (Å²) in [6.07, 6.45) is 3.56. The van der Waals surface area contributed by atoms with Gasteiger partial charge in [-0.25, -0.2) is 0 Å².